The number of rotatable bonds is 6. The molecule has 0 unspecified atom stereocenters. The molecule has 0 rings (SSSR count). The Labute approximate surface area is 92.7 Å². The van der Waals surface area contributed by atoms with E-state index in [0.717, 1.165) is 0 Å². The molecule has 0 aromatic rings. The van der Waals surface area contributed by atoms with Crippen LogP contribution in [-0.2, 0) is 4.79 Å². The summed E-state index contributed by atoms with van der Waals surface area (Å²) in [6.45, 7) is 0.380. The number of nitrogens with zero attached hydrogens (tertiary/aromatic N) is 1. The molecule has 0 aromatic heterocycles. The molecule has 0 heterocycles. The summed E-state index contributed by atoms with van der Waals surface area (Å²) in [6.07, 6.45) is 0.883. The molecule has 0 spiro atoms. The van der Waals surface area contributed by atoms with Gasteiger partial charge in [-0.2, -0.15) is 0 Å². The van der Waals surface area contributed by atoms with E-state index in [2.05, 4.69) is 22.5 Å². The van der Waals surface area contributed by atoms with E-state index in [0.29, 0.717) is 19.4 Å². The minimum atomic E-state index is -1.01. The second-order valence-electron chi connectivity index (χ2n) is 2.85. The average Bonchev–Trinajstić information content (AvgIpc) is 2.08. The maximum absolute atomic E-state index is 10.7. The summed E-state index contributed by atoms with van der Waals surface area (Å²) in [5, 5.41) is 11.2. The van der Waals surface area contributed by atoms with E-state index in [9.17, 15) is 4.79 Å². The highest BCUT2D eigenvalue weighted by Crippen LogP contribution is 1.98. The Hall–Kier alpha value is -1.57. The molecule has 0 saturated carbocycles. The number of nitrogens with two attached hydrogens (primary N) is 3. The summed E-state index contributed by atoms with van der Waals surface area (Å²) < 4.78 is 0. The van der Waals surface area contributed by atoms with Gasteiger partial charge in [0.05, 0.1) is 0 Å². The monoisotopic (exact) mass is 233 g/mol. The van der Waals surface area contributed by atoms with E-state index in [4.69, 9.17) is 22.3 Å². The molecule has 0 aliphatic carbocycles. The number of aliphatic imine (C=N–C) groups is 1. The van der Waals surface area contributed by atoms with E-state index in [1.54, 1.807) is 0 Å². The normalized spacial score (nSPS) is 11.5. The fraction of sp³-hybridized carbons (Fsp3) is 0.571. The highest BCUT2D eigenvalue weighted by atomic mass is 32.1. The lowest BCUT2D eigenvalue weighted by molar-refractivity contribution is -0.139. The second-order valence-corrected chi connectivity index (χ2v) is 3.29. The number of hydrogen-bond donors (Lipinski definition) is 5. The maximum atomic E-state index is 10.7. The Morgan fingerprint density at radius 3 is 2.47 bits per heavy atom. The average molecular weight is 233 g/mol. The number of carboxylic acids is 1. The van der Waals surface area contributed by atoms with Gasteiger partial charge in [0.25, 0.3) is 0 Å². The fourth-order valence-electron chi connectivity index (χ4n) is 0.933. The van der Waals surface area contributed by atoms with Crippen molar-refractivity contribution in [3.05, 3.63) is 0 Å². The van der Waals surface area contributed by atoms with Crippen LogP contribution in [0.1, 0.15) is 12.8 Å². The van der Waals surface area contributed by atoms with Crippen LogP contribution in [0.15, 0.2) is 4.99 Å². The molecule has 0 saturated heterocycles. The number of nitrogens with one attached hydrogen (secondary N) is 1. The van der Waals surface area contributed by atoms with E-state index in [1.807, 2.05) is 0 Å². The summed E-state index contributed by atoms with van der Waals surface area (Å²) >= 11 is 4.55. The molecule has 0 aliphatic heterocycles. The van der Waals surface area contributed by atoms with Crippen LogP contribution >= 0.6 is 12.2 Å². The molecule has 1 atom stereocenters. The molecule has 0 radical (unpaired) electrons. The standard InChI is InChI=1S/C7H15N5O2S/c8-6(9)11-3-1-2-4(5(13)14)12-7(10)15/h4H,1-3H2,(H,13,14)(H4,8,9,11)(H3,10,12,15)/t4-/m0/s1. The molecule has 86 valence electrons. The molecule has 0 amide bonds. The van der Waals surface area contributed by atoms with Gasteiger partial charge in [-0.25, -0.2) is 4.79 Å². The first-order valence-corrected chi connectivity index (χ1v) is 4.68. The van der Waals surface area contributed by atoms with Crippen LogP contribution < -0.4 is 22.5 Å². The van der Waals surface area contributed by atoms with Crippen molar-refractivity contribution in [3.8, 4) is 0 Å². The largest absolute Gasteiger partial charge is 0.480 e. The van der Waals surface area contributed by atoms with Gasteiger partial charge in [-0.15, -0.1) is 0 Å². The van der Waals surface area contributed by atoms with E-state index in [-0.39, 0.29) is 11.1 Å². The number of guanidine groups is 1. The van der Waals surface area contributed by atoms with Crippen LogP contribution in [0.5, 0.6) is 0 Å². The van der Waals surface area contributed by atoms with Crippen molar-refractivity contribution in [2.75, 3.05) is 6.54 Å². The van der Waals surface area contributed by atoms with Crippen LogP contribution in [-0.4, -0.2) is 34.7 Å². The minimum absolute atomic E-state index is 0.0100. The Morgan fingerprint density at radius 1 is 1.47 bits per heavy atom. The van der Waals surface area contributed by atoms with Gasteiger partial charge in [0, 0.05) is 6.54 Å². The van der Waals surface area contributed by atoms with Crippen LogP contribution in [0, 0.1) is 0 Å². The number of thiocarbonyl (C=S) groups is 1. The second kappa shape index (κ2) is 6.82. The third kappa shape index (κ3) is 7.50. The number of carbonyl (C=O) groups is 1. The lowest BCUT2D eigenvalue weighted by Gasteiger charge is -2.13. The first-order chi connectivity index (χ1) is 6.93. The molecule has 0 fully saturated rings. The molecule has 8 heteroatoms. The van der Waals surface area contributed by atoms with Gasteiger partial charge < -0.3 is 27.6 Å². The Morgan fingerprint density at radius 2 is 2.07 bits per heavy atom. The van der Waals surface area contributed by atoms with Gasteiger partial charge in [0.15, 0.2) is 11.1 Å². The van der Waals surface area contributed by atoms with Crippen molar-refractivity contribution in [1.82, 2.24) is 5.32 Å². The smallest absolute Gasteiger partial charge is 0.326 e. The van der Waals surface area contributed by atoms with Gasteiger partial charge in [-0.05, 0) is 25.1 Å². The number of carboxylic acid groups (broad SMARTS) is 1. The maximum Gasteiger partial charge on any atom is 0.326 e. The zero-order valence-corrected chi connectivity index (χ0v) is 8.96. The van der Waals surface area contributed by atoms with Gasteiger partial charge in [-0.1, -0.05) is 0 Å². The summed E-state index contributed by atoms with van der Waals surface area (Å²) in [5.41, 5.74) is 15.4. The minimum Gasteiger partial charge on any atom is -0.480 e. The summed E-state index contributed by atoms with van der Waals surface area (Å²) in [5.74, 6) is -1.02. The molecular weight excluding hydrogens is 218 g/mol. The quantitative estimate of drug-likeness (QED) is 0.160. The van der Waals surface area contributed by atoms with Crippen molar-refractivity contribution in [3.63, 3.8) is 0 Å². The summed E-state index contributed by atoms with van der Waals surface area (Å²) in [4.78, 5) is 14.4. The molecule has 7 nitrogen and oxygen atoms in total. The lowest BCUT2D eigenvalue weighted by atomic mass is 10.1. The molecule has 0 aromatic carbocycles. The predicted molar refractivity (Wildman–Crippen MR) is 61.3 cm³/mol. The highest BCUT2D eigenvalue weighted by molar-refractivity contribution is 7.80. The Bertz CT molecular complexity index is 264. The van der Waals surface area contributed by atoms with Gasteiger partial charge in [0.2, 0.25) is 0 Å². The molecule has 8 N–H and O–H groups in total. The Balaban J connectivity index is 3.92. The summed E-state index contributed by atoms with van der Waals surface area (Å²) in [7, 11) is 0. The third-order valence-corrected chi connectivity index (χ3v) is 1.68. The highest BCUT2D eigenvalue weighted by Gasteiger charge is 2.16. The van der Waals surface area contributed by atoms with Crippen molar-refractivity contribution in [1.29, 1.82) is 0 Å². The molecule has 15 heavy (non-hydrogen) atoms. The topological polar surface area (TPSA) is 140 Å². The van der Waals surface area contributed by atoms with Crippen molar-refractivity contribution >= 4 is 29.3 Å². The van der Waals surface area contributed by atoms with Crippen LogP contribution in [0.3, 0.4) is 0 Å². The van der Waals surface area contributed by atoms with E-state index < -0.39 is 12.0 Å². The first kappa shape index (κ1) is 13.4. The van der Waals surface area contributed by atoms with Gasteiger partial charge >= 0.3 is 5.97 Å². The van der Waals surface area contributed by atoms with E-state index in [1.165, 1.54) is 0 Å². The first-order valence-electron chi connectivity index (χ1n) is 4.27. The van der Waals surface area contributed by atoms with Gasteiger partial charge in [0.1, 0.15) is 6.04 Å². The van der Waals surface area contributed by atoms with Crippen molar-refractivity contribution < 1.29 is 9.90 Å². The number of hydrogen-bond acceptors (Lipinski definition) is 3. The zero-order valence-electron chi connectivity index (χ0n) is 8.14. The number of aliphatic carboxylic acids is 1. The van der Waals surface area contributed by atoms with Crippen molar-refractivity contribution in [2.45, 2.75) is 18.9 Å². The molecular formula is C7H15N5O2S. The SMILES string of the molecule is NC(=S)N[C@@H](CCCN=C(N)N)C(=O)O. The lowest BCUT2D eigenvalue weighted by Crippen LogP contribution is -2.43. The predicted octanol–water partition coefficient (Wildman–Crippen LogP) is -1.67. The fourth-order valence-corrected chi connectivity index (χ4v) is 1.07. The third-order valence-electron chi connectivity index (χ3n) is 1.56. The molecule has 0 bridgehead atoms. The summed E-state index contributed by atoms with van der Waals surface area (Å²) in [6, 6.07) is -0.795. The van der Waals surface area contributed by atoms with Gasteiger partial charge in [-0.3, -0.25) is 4.99 Å². The molecule has 0 aliphatic rings. The van der Waals surface area contributed by atoms with Crippen molar-refractivity contribution in [2.24, 2.45) is 22.2 Å². The van der Waals surface area contributed by atoms with Crippen LogP contribution in [0.25, 0.3) is 0 Å². The van der Waals surface area contributed by atoms with Crippen LogP contribution in [0.2, 0.25) is 0 Å². The zero-order chi connectivity index (χ0) is 11.8. The van der Waals surface area contributed by atoms with Crippen LogP contribution in [0.4, 0.5) is 0 Å². The Kier molecular flexibility index (Phi) is 6.11. The van der Waals surface area contributed by atoms with E-state index >= 15 is 0 Å².